The second kappa shape index (κ2) is 4.31. The maximum atomic E-state index is 10.5. The van der Waals surface area contributed by atoms with E-state index in [1.165, 1.54) is 0 Å². The molecule has 0 aromatic carbocycles. The van der Waals surface area contributed by atoms with Crippen LogP contribution < -0.4 is 10.5 Å². The lowest BCUT2D eigenvalue weighted by molar-refractivity contribution is -0.139. The summed E-state index contributed by atoms with van der Waals surface area (Å²) in [5.74, 6) is -0.469. The zero-order valence-corrected chi connectivity index (χ0v) is 9.02. The van der Waals surface area contributed by atoms with Gasteiger partial charge in [0, 0.05) is 7.05 Å². The van der Waals surface area contributed by atoms with Crippen LogP contribution in [0.25, 0.3) is 0 Å². The first-order valence-corrected chi connectivity index (χ1v) is 4.55. The van der Waals surface area contributed by atoms with Crippen LogP contribution in [-0.2, 0) is 11.8 Å². The van der Waals surface area contributed by atoms with Crippen molar-refractivity contribution in [2.24, 2.45) is 12.8 Å². The Balaban J connectivity index is 2.69. The first kappa shape index (κ1) is 11.5. The molecule has 1 rings (SSSR count). The minimum atomic E-state index is -1.07. The fourth-order valence-corrected chi connectivity index (χ4v) is 1.21. The molecule has 0 amide bonds. The summed E-state index contributed by atoms with van der Waals surface area (Å²) in [7, 11) is 1.80. The lowest BCUT2D eigenvalue weighted by atomic mass is 10.3. The summed E-state index contributed by atoms with van der Waals surface area (Å²) in [6.45, 7) is 3.60. The van der Waals surface area contributed by atoms with Gasteiger partial charge in [0.1, 0.15) is 18.3 Å². The summed E-state index contributed by atoms with van der Waals surface area (Å²) in [5, 5.41) is 12.7. The summed E-state index contributed by atoms with van der Waals surface area (Å²) in [6.07, 6.45) is 0. The van der Waals surface area contributed by atoms with E-state index in [1.54, 1.807) is 18.7 Å². The predicted molar refractivity (Wildman–Crippen MR) is 53.8 cm³/mol. The molecular formula is C9H15N3O3. The van der Waals surface area contributed by atoms with Crippen LogP contribution in [0, 0.1) is 13.8 Å². The van der Waals surface area contributed by atoms with Crippen molar-refractivity contribution in [1.29, 1.82) is 0 Å². The van der Waals surface area contributed by atoms with Gasteiger partial charge in [0.15, 0.2) is 5.75 Å². The van der Waals surface area contributed by atoms with Gasteiger partial charge in [-0.15, -0.1) is 0 Å². The second-order valence-electron chi connectivity index (χ2n) is 3.38. The van der Waals surface area contributed by atoms with E-state index in [1.807, 2.05) is 6.92 Å². The smallest absolute Gasteiger partial charge is 0.324 e. The van der Waals surface area contributed by atoms with Gasteiger partial charge in [-0.3, -0.25) is 9.48 Å². The highest BCUT2D eigenvalue weighted by atomic mass is 16.5. The minimum Gasteiger partial charge on any atom is -0.487 e. The van der Waals surface area contributed by atoms with Gasteiger partial charge >= 0.3 is 5.97 Å². The molecule has 0 aliphatic heterocycles. The van der Waals surface area contributed by atoms with Crippen molar-refractivity contribution in [2.45, 2.75) is 19.9 Å². The van der Waals surface area contributed by atoms with Crippen molar-refractivity contribution in [2.75, 3.05) is 6.61 Å². The molecule has 1 aromatic rings. The van der Waals surface area contributed by atoms with Crippen LogP contribution >= 0.6 is 0 Å². The van der Waals surface area contributed by atoms with Gasteiger partial charge in [0.25, 0.3) is 0 Å². The number of aromatic nitrogens is 2. The Morgan fingerprint density at radius 3 is 2.67 bits per heavy atom. The molecule has 6 nitrogen and oxygen atoms in total. The van der Waals surface area contributed by atoms with Crippen LogP contribution in [0.1, 0.15) is 11.4 Å². The zero-order chi connectivity index (χ0) is 11.6. The molecule has 0 spiro atoms. The highest BCUT2D eigenvalue weighted by Crippen LogP contribution is 2.21. The van der Waals surface area contributed by atoms with Gasteiger partial charge in [-0.1, -0.05) is 0 Å². The van der Waals surface area contributed by atoms with Crippen molar-refractivity contribution in [1.82, 2.24) is 9.78 Å². The Morgan fingerprint density at radius 1 is 1.67 bits per heavy atom. The van der Waals surface area contributed by atoms with E-state index in [0.717, 1.165) is 11.4 Å². The maximum Gasteiger partial charge on any atom is 0.324 e. The highest BCUT2D eigenvalue weighted by molar-refractivity contribution is 5.73. The number of rotatable bonds is 4. The number of ether oxygens (including phenoxy) is 1. The number of carboxylic acids is 1. The number of hydrogen-bond acceptors (Lipinski definition) is 4. The first-order chi connectivity index (χ1) is 6.93. The average Bonchev–Trinajstić information content (AvgIpc) is 2.38. The molecule has 0 aliphatic rings. The van der Waals surface area contributed by atoms with Gasteiger partial charge < -0.3 is 15.6 Å². The van der Waals surface area contributed by atoms with Crippen LogP contribution in [0.2, 0.25) is 0 Å². The Hall–Kier alpha value is -1.56. The van der Waals surface area contributed by atoms with E-state index in [0.29, 0.717) is 5.75 Å². The molecule has 6 heteroatoms. The molecule has 1 heterocycles. The third-order valence-electron chi connectivity index (χ3n) is 2.17. The standard InChI is InChI=1S/C9H15N3O3/c1-5-8(6(2)12(3)11-5)15-4-7(10)9(13)14/h7H,4,10H2,1-3H3,(H,13,14). The normalized spacial score (nSPS) is 12.5. The van der Waals surface area contributed by atoms with Crippen molar-refractivity contribution in [3.05, 3.63) is 11.4 Å². The monoisotopic (exact) mass is 213 g/mol. The molecule has 1 aromatic heterocycles. The predicted octanol–water partition coefficient (Wildman–Crippen LogP) is -0.172. The fourth-order valence-electron chi connectivity index (χ4n) is 1.21. The van der Waals surface area contributed by atoms with Gasteiger partial charge in [-0.25, -0.2) is 0 Å². The Morgan fingerprint density at radius 2 is 2.27 bits per heavy atom. The van der Waals surface area contributed by atoms with Crippen molar-refractivity contribution >= 4 is 5.97 Å². The molecule has 0 fully saturated rings. The van der Waals surface area contributed by atoms with E-state index in [9.17, 15) is 4.79 Å². The van der Waals surface area contributed by atoms with Crippen molar-refractivity contribution in [3.8, 4) is 5.75 Å². The summed E-state index contributed by atoms with van der Waals surface area (Å²) in [5.41, 5.74) is 6.90. The van der Waals surface area contributed by atoms with Crippen LogP contribution in [0.3, 0.4) is 0 Å². The molecule has 15 heavy (non-hydrogen) atoms. The second-order valence-corrected chi connectivity index (χ2v) is 3.38. The van der Waals surface area contributed by atoms with E-state index in [4.69, 9.17) is 15.6 Å². The minimum absolute atomic E-state index is 0.0529. The number of hydrogen-bond donors (Lipinski definition) is 2. The average molecular weight is 213 g/mol. The quantitative estimate of drug-likeness (QED) is 0.724. The molecule has 1 unspecified atom stereocenters. The van der Waals surface area contributed by atoms with Gasteiger partial charge in [0.2, 0.25) is 0 Å². The lowest BCUT2D eigenvalue weighted by Crippen LogP contribution is -2.36. The highest BCUT2D eigenvalue weighted by Gasteiger charge is 2.16. The van der Waals surface area contributed by atoms with Crippen LogP contribution in [0.15, 0.2) is 0 Å². The maximum absolute atomic E-state index is 10.5. The molecule has 0 radical (unpaired) electrons. The van der Waals surface area contributed by atoms with Crippen LogP contribution in [0.4, 0.5) is 0 Å². The molecule has 0 saturated heterocycles. The van der Waals surface area contributed by atoms with Crippen LogP contribution in [-0.4, -0.2) is 33.5 Å². The number of carboxylic acid groups (broad SMARTS) is 1. The molecule has 0 aliphatic carbocycles. The van der Waals surface area contributed by atoms with E-state index in [-0.39, 0.29) is 6.61 Å². The molecule has 1 atom stereocenters. The van der Waals surface area contributed by atoms with Crippen molar-refractivity contribution in [3.63, 3.8) is 0 Å². The summed E-state index contributed by atoms with van der Waals surface area (Å²) < 4.78 is 7.00. The summed E-state index contributed by atoms with van der Waals surface area (Å²) in [4.78, 5) is 10.5. The van der Waals surface area contributed by atoms with E-state index >= 15 is 0 Å². The Bertz CT molecular complexity index is 373. The molecule has 3 N–H and O–H groups in total. The zero-order valence-electron chi connectivity index (χ0n) is 9.02. The van der Waals surface area contributed by atoms with Gasteiger partial charge in [-0.05, 0) is 13.8 Å². The number of carbonyl (C=O) groups is 1. The molecule has 0 bridgehead atoms. The molecular weight excluding hydrogens is 198 g/mol. The summed E-state index contributed by atoms with van der Waals surface area (Å²) >= 11 is 0. The van der Waals surface area contributed by atoms with Gasteiger partial charge in [-0.2, -0.15) is 5.10 Å². The third kappa shape index (κ3) is 2.47. The Labute approximate surface area is 87.6 Å². The molecule has 84 valence electrons. The number of nitrogens with two attached hydrogens (primary N) is 1. The SMILES string of the molecule is Cc1nn(C)c(C)c1OCC(N)C(=O)O. The topological polar surface area (TPSA) is 90.4 Å². The fraction of sp³-hybridized carbons (Fsp3) is 0.556. The lowest BCUT2D eigenvalue weighted by Gasteiger charge is -2.09. The molecule has 0 saturated carbocycles. The largest absolute Gasteiger partial charge is 0.487 e. The number of aryl methyl sites for hydroxylation is 2. The van der Waals surface area contributed by atoms with Gasteiger partial charge in [0.05, 0.1) is 5.69 Å². The first-order valence-electron chi connectivity index (χ1n) is 4.55. The van der Waals surface area contributed by atoms with Crippen molar-refractivity contribution < 1.29 is 14.6 Å². The summed E-state index contributed by atoms with van der Waals surface area (Å²) in [6, 6.07) is -1.01. The third-order valence-corrected chi connectivity index (χ3v) is 2.17. The van der Waals surface area contributed by atoms with E-state index in [2.05, 4.69) is 5.10 Å². The number of nitrogens with zero attached hydrogens (tertiary/aromatic N) is 2. The Kier molecular flexibility index (Phi) is 3.31. The number of aliphatic carboxylic acids is 1. The van der Waals surface area contributed by atoms with Crippen LogP contribution in [0.5, 0.6) is 5.75 Å². The van der Waals surface area contributed by atoms with E-state index < -0.39 is 12.0 Å².